The molecule has 0 radical (unpaired) electrons. The largest absolute Gasteiger partial charge is 0.456 e. The summed E-state index contributed by atoms with van der Waals surface area (Å²) < 4.78 is 8.74. The molecule has 2 heterocycles. The lowest BCUT2D eigenvalue weighted by molar-refractivity contribution is 0.487. The van der Waals surface area contributed by atoms with Crippen LogP contribution in [-0.2, 0) is 0 Å². The number of aromatic nitrogens is 1. The molecule has 0 N–H and O–H groups in total. The van der Waals surface area contributed by atoms with Gasteiger partial charge in [0.1, 0.15) is 11.5 Å². The summed E-state index contributed by atoms with van der Waals surface area (Å²) in [7, 11) is 0. The molecular formula is C44H27NO. The molecule has 0 amide bonds. The lowest BCUT2D eigenvalue weighted by Gasteiger charge is -2.22. The van der Waals surface area contributed by atoms with Crippen molar-refractivity contribution in [2.75, 3.05) is 0 Å². The van der Waals surface area contributed by atoms with E-state index < -0.39 is 0 Å². The summed E-state index contributed by atoms with van der Waals surface area (Å²) in [6, 6.07) is 59.0. The van der Waals surface area contributed by atoms with Crippen LogP contribution in [0.5, 0.6) is 11.5 Å². The second-order valence-electron chi connectivity index (χ2n) is 12.1. The van der Waals surface area contributed by atoms with Crippen LogP contribution in [0.1, 0.15) is 0 Å². The van der Waals surface area contributed by atoms with Crippen molar-refractivity contribution >= 4 is 43.4 Å². The molecule has 0 atom stereocenters. The molecule has 2 nitrogen and oxygen atoms in total. The molecule has 2 heteroatoms. The molecule has 1 aliphatic rings. The molecule has 214 valence electrons. The first-order valence-corrected chi connectivity index (χ1v) is 15.8. The van der Waals surface area contributed by atoms with E-state index in [2.05, 4.69) is 168 Å². The smallest absolute Gasteiger partial charge is 0.135 e. The molecule has 0 bridgehead atoms. The fourth-order valence-corrected chi connectivity index (χ4v) is 7.45. The van der Waals surface area contributed by atoms with Crippen LogP contribution in [0.3, 0.4) is 0 Å². The number of para-hydroxylation sites is 2. The first-order valence-electron chi connectivity index (χ1n) is 15.8. The SMILES string of the molecule is c1ccc(-n2c3ccccc3c3c4ccc(-c5cccc(-c6ccc7c(c6)-c6cccc8cccc(c68)O7)c5)cc4ccc32)cc1. The average molecular weight is 586 g/mol. The molecule has 46 heavy (non-hydrogen) atoms. The standard InChI is InChI=1S/C44H27NO/c1-2-13-34(14-3-1)45-39-17-5-4-15-37(39)44-35-22-19-31(26-33(35)20-23-40(44)45)29-11-6-12-30(25-29)32-21-24-41-38(27-32)36-16-7-9-28-10-8-18-42(46-41)43(28)36/h1-27H. The number of fused-ring (bicyclic) bond motifs is 7. The van der Waals surface area contributed by atoms with Gasteiger partial charge in [-0.2, -0.15) is 0 Å². The van der Waals surface area contributed by atoms with Gasteiger partial charge in [-0.25, -0.2) is 0 Å². The molecule has 0 fully saturated rings. The van der Waals surface area contributed by atoms with E-state index >= 15 is 0 Å². The summed E-state index contributed by atoms with van der Waals surface area (Å²) in [6.07, 6.45) is 0. The van der Waals surface area contributed by atoms with Gasteiger partial charge in [0.05, 0.1) is 11.0 Å². The van der Waals surface area contributed by atoms with Gasteiger partial charge < -0.3 is 9.30 Å². The summed E-state index contributed by atoms with van der Waals surface area (Å²) >= 11 is 0. The van der Waals surface area contributed by atoms with Crippen molar-refractivity contribution in [1.29, 1.82) is 0 Å². The Morgan fingerprint density at radius 3 is 2.00 bits per heavy atom. The highest BCUT2D eigenvalue weighted by Gasteiger charge is 2.20. The number of benzene rings is 8. The zero-order chi connectivity index (χ0) is 30.2. The highest BCUT2D eigenvalue weighted by Crippen LogP contribution is 2.47. The first kappa shape index (κ1) is 25.2. The number of ether oxygens (including phenoxy) is 1. The summed E-state index contributed by atoms with van der Waals surface area (Å²) in [4.78, 5) is 0. The Morgan fingerprint density at radius 1 is 0.370 bits per heavy atom. The summed E-state index contributed by atoms with van der Waals surface area (Å²) in [5.74, 6) is 1.83. The van der Waals surface area contributed by atoms with Crippen molar-refractivity contribution < 1.29 is 4.74 Å². The maximum absolute atomic E-state index is 6.36. The molecule has 10 rings (SSSR count). The second kappa shape index (κ2) is 9.69. The maximum atomic E-state index is 6.36. The molecule has 0 aliphatic carbocycles. The van der Waals surface area contributed by atoms with Crippen LogP contribution in [0.2, 0.25) is 0 Å². The average Bonchev–Trinajstić information content (AvgIpc) is 3.47. The minimum Gasteiger partial charge on any atom is -0.456 e. The molecule has 0 spiro atoms. The van der Waals surface area contributed by atoms with Crippen molar-refractivity contribution in [3.8, 4) is 50.6 Å². The quantitative estimate of drug-likeness (QED) is 0.201. The number of hydrogen-bond donors (Lipinski definition) is 0. The predicted octanol–water partition coefficient (Wildman–Crippen LogP) is 12.2. The van der Waals surface area contributed by atoms with Crippen molar-refractivity contribution in [3.63, 3.8) is 0 Å². The topological polar surface area (TPSA) is 14.2 Å². The first-order chi connectivity index (χ1) is 22.8. The lowest BCUT2D eigenvalue weighted by Crippen LogP contribution is -1.97. The number of rotatable bonds is 3. The van der Waals surface area contributed by atoms with E-state index in [1.807, 2.05) is 0 Å². The van der Waals surface area contributed by atoms with Crippen molar-refractivity contribution in [3.05, 3.63) is 164 Å². The summed E-state index contributed by atoms with van der Waals surface area (Å²) in [5, 5.41) is 7.46. The zero-order valence-corrected chi connectivity index (χ0v) is 24.9. The highest BCUT2D eigenvalue weighted by atomic mass is 16.5. The van der Waals surface area contributed by atoms with Crippen molar-refractivity contribution in [2.45, 2.75) is 0 Å². The van der Waals surface area contributed by atoms with Gasteiger partial charge in [-0.15, -0.1) is 0 Å². The van der Waals surface area contributed by atoms with Crippen LogP contribution in [0.25, 0.3) is 82.4 Å². The minimum atomic E-state index is 0.903. The number of hydrogen-bond acceptors (Lipinski definition) is 1. The van der Waals surface area contributed by atoms with E-state index in [1.165, 1.54) is 76.9 Å². The molecular weight excluding hydrogens is 558 g/mol. The van der Waals surface area contributed by atoms with E-state index in [0.29, 0.717) is 0 Å². The van der Waals surface area contributed by atoms with Crippen LogP contribution < -0.4 is 4.74 Å². The molecule has 0 saturated carbocycles. The Kier molecular flexibility index (Phi) is 5.31. The summed E-state index contributed by atoms with van der Waals surface area (Å²) in [5.41, 5.74) is 10.8. The van der Waals surface area contributed by atoms with Gasteiger partial charge in [0, 0.05) is 27.4 Å². The van der Waals surface area contributed by atoms with Gasteiger partial charge in [0.25, 0.3) is 0 Å². The van der Waals surface area contributed by atoms with Crippen LogP contribution >= 0.6 is 0 Å². The van der Waals surface area contributed by atoms with Gasteiger partial charge >= 0.3 is 0 Å². The Hall–Kier alpha value is -6.12. The number of nitrogens with zero attached hydrogens (tertiary/aromatic N) is 1. The lowest BCUT2D eigenvalue weighted by atomic mass is 9.91. The van der Waals surface area contributed by atoms with Crippen molar-refractivity contribution in [2.24, 2.45) is 0 Å². The van der Waals surface area contributed by atoms with Crippen LogP contribution in [0.4, 0.5) is 0 Å². The Morgan fingerprint density at radius 2 is 1.11 bits per heavy atom. The van der Waals surface area contributed by atoms with Crippen LogP contribution in [0.15, 0.2) is 164 Å². The third kappa shape index (κ3) is 3.71. The second-order valence-corrected chi connectivity index (χ2v) is 12.1. The van der Waals surface area contributed by atoms with Crippen LogP contribution in [-0.4, -0.2) is 4.57 Å². The molecule has 8 aromatic carbocycles. The van der Waals surface area contributed by atoms with E-state index in [0.717, 1.165) is 17.1 Å². The maximum Gasteiger partial charge on any atom is 0.135 e. The third-order valence-electron chi connectivity index (χ3n) is 9.55. The zero-order valence-electron chi connectivity index (χ0n) is 24.9. The molecule has 0 unspecified atom stereocenters. The monoisotopic (exact) mass is 585 g/mol. The Labute approximate surface area is 266 Å². The normalized spacial score (nSPS) is 12.1. The van der Waals surface area contributed by atoms with Gasteiger partial charge in [0.15, 0.2) is 0 Å². The van der Waals surface area contributed by atoms with Crippen molar-refractivity contribution in [1.82, 2.24) is 4.57 Å². The van der Waals surface area contributed by atoms with Gasteiger partial charge in [0.2, 0.25) is 0 Å². The fraction of sp³-hybridized carbons (Fsp3) is 0. The highest BCUT2D eigenvalue weighted by molar-refractivity contribution is 6.21. The van der Waals surface area contributed by atoms with Gasteiger partial charge in [-0.1, -0.05) is 109 Å². The minimum absolute atomic E-state index is 0.903. The van der Waals surface area contributed by atoms with E-state index in [4.69, 9.17) is 4.74 Å². The van der Waals surface area contributed by atoms with Crippen LogP contribution in [0, 0.1) is 0 Å². The van der Waals surface area contributed by atoms with E-state index in [9.17, 15) is 0 Å². The third-order valence-corrected chi connectivity index (χ3v) is 9.55. The Balaban J connectivity index is 1.09. The predicted molar refractivity (Wildman–Crippen MR) is 192 cm³/mol. The van der Waals surface area contributed by atoms with E-state index in [-0.39, 0.29) is 0 Å². The molecule has 9 aromatic rings. The van der Waals surface area contributed by atoms with Gasteiger partial charge in [-0.05, 0) is 98.6 Å². The van der Waals surface area contributed by atoms with E-state index in [1.54, 1.807) is 0 Å². The fourth-order valence-electron chi connectivity index (χ4n) is 7.45. The Bertz CT molecular complexity index is 2660. The van der Waals surface area contributed by atoms with Gasteiger partial charge in [-0.3, -0.25) is 0 Å². The molecule has 1 aliphatic heterocycles. The molecule has 1 aromatic heterocycles. The molecule has 0 saturated heterocycles. The summed E-state index contributed by atoms with van der Waals surface area (Å²) in [6.45, 7) is 0.